The highest BCUT2D eigenvalue weighted by Crippen LogP contribution is 2.35. The van der Waals surface area contributed by atoms with E-state index in [0.29, 0.717) is 0 Å². The van der Waals surface area contributed by atoms with Crippen molar-refractivity contribution in [1.29, 1.82) is 0 Å². The van der Waals surface area contributed by atoms with Crippen molar-refractivity contribution in [2.24, 2.45) is 17.3 Å². The third-order valence-electron chi connectivity index (χ3n) is 4.27. The van der Waals surface area contributed by atoms with E-state index in [1.807, 2.05) is 0 Å². The summed E-state index contributed by atoms with van der Waals surface area (Å²) in [5.74, 6) is 3.15. The molecule has 0 aromatic carbocycles. The van der Waals surface area contributed by atoms with Crippen LogP contribution in [0.3, 0.4) is 0 Å². The Morgan fingerprint density at radius 1 is 0.667 bits per heavy atom. The van der Waals surface area contributed by atoms with Crippen molar-refractivity contribution in [3.8, 4) is 0 Å². The Morgan fingerprint density at radius 2 is 1.05 bits per heavy atom. The Hall–Kier alpha value is 0. The van der Waals surface area contributed by atoms with Crippen molar-refractivity contribution in [2.45, 2.75) is 91.9 Å². The summed E-state index contributed by atoms with van der Waals surface area (Å²) in [7, 11) is 0. The van der Waals surface area contributed by atoms with E-state index < -0.39 is 0 Å². The van der Waals surface area contributed by atoms with Crippen LogP contribution in [-0.2, 0) is 0 Å². The molecule has 0 heteroatoms. The standard InChI is InChI=1S/C21H40/c1-18(2)14-10-8-12-16-20(21(5,6)7)17-13-9-11-15-19(3)4/h18-19H,5-17H2,1-4H3. The second kappa shape index (κ2) is 11.6. The van der Waals surface area contributed by atoms with E-state index in [0.717, 1.165) is 11.8 Å². The zero-order valence-electron chi connectivity index (χ0n) is 15.3. The molecule has 0 amide bonds. The van der Waals surface area contributed by atoms with E-state index in [2.05, 4.69) is 48.5 Å². The van der Waals surface area contributed by atoms with E-state index in [-0.39, 0.29) is 5.41 Å². The predicted molar refractivity (Wildman–Crippen MR) is 97.6 cm³/mol. The maximum atomic E-state index is 4.17. The summed E-state index contributed by atoms with van der Waals surface area (Å²) >= 11 is 0. The maximum Gasteiger partial charge on any atom is -0.0179 e. The lowest BCUT2D eigenvalue weighted by molar-refractivity contribution is 0.456. The van der Waals surface area contributed by atoms with E-state index in [9.17, 15) is 0 Å². The first-order valence-electron chi connectivity index (χ1n) is 9.14. The third kappa shape index (κ3) is 13.4. The molecular formula is C21H40. The zero-order valence-corrected chi connectivity index (χ0v) is 15.3. The molecule has 0 rings (SSSR count). The molecule has 0 unspecified atom stereocenters. The molecule has 0 spiro atoms. The smallest absolute Gasteiger partial charge is 0.0179 e. The van der Waals surface area contributed by atoms with Crippen LogP contribution in [0.25, 0.3) is 0 Å². The Bertz CT molecular complexity index is 201. The van der Waals surface area contributed by atoms with Gasteiger partial charge in [0.15, 0.2) is 0 Å². The van der Waals surface area contributed by atoms with Gasteiger partial charge in [0.1, 0.15) is 0 Å². The SMILES string of the molecule is [CH2]C([CH2])([CH2])[C](CCCCCC(C)C)CCCCCC(C)C. The molecule has 0 saturated heterocycles. The average Bonchev–Trinajstić information content (AvgIpc) is 2.33. The van der Waals surface area contributed by atoms with E-state index in [4.69, 9.17) is 0 Å². The van der Waals surface area contributed by atoms with Gasteiger partial charge in [-0.15, -0.1) is 0 Å². The van der Waals surface area contributed by atoms with Crippen molar-refractivity contribution in [3.05, 3.63) is 26.7 Å². The molecule has 0 N–H and O–H groups in total. The summed E-state index contributed by atoms with van der Waals surface area (Å²) in [5, 5.41) is 0. The lowest BCUT2D eigenvalue weighted by Crippen LogP contribution is -2.19. The van der Waals surface area contributed by atoms with Crippen LogP contribution in [-0.4, -0.2) is 0 Å². The summed E-state index contributed by atoms with van der Waals surface area (Å²) in [6.45, 7) is 21.7. The summed E-state index contributed by atoms with van der Waals surface area (Å²) in [6, 6.07) is 0. The van der Waals surface area contributed by atoms with Gasteiger partial charge in [0.2, 0.25) is 0 Å². The van der Waals surface area contributed by atoms with Gasteiger partial charge in [-0.2, -0.15) is 0 Å². The maximum absolute atomic E-state index is 4.17. The highest BCUT2D eigenvalue weighted by atomic mass is 14.3. The third-order valence-corrected chi connectivity index (χ3v) is 4.27. The van der Waals surface area contributed by atoms with Gasteiger partial charge in [0.25, 0.3) is 0 Å². The number of hydrogen-bond donors (Lipinski definition) is 0. The number of unbranched alkanes of at least 4 members (excludes halogenated alkanes) is 4. The molecule has 0 aliphatic carbocycles. The van der Waals surface area contributed by atoms with Crippen molar-refractivity contribution in [1.82, 2.24) is 0 Å². The first-order chi connectivity index (χ1) is 9.73. The van der Waals surface area contributed by atoms with Gasteiger partial charge >= 0.3 is 0 Å². The van der Waals surface area contributed by atoms with Gasteiger partial charge in [0.05, 0.1) is 0 Å². The molecule has 0 aliphatic heterocycles. The molecule has 0 aromatic heterocycles. The van der Waals surface area contributed by atoms with Crippen molar-refractivity contribution >= 4 is 0 Å². The Morgan fingerprint density at radius 3 is 1.33 bits per heavy atom. The minimum Gasteiger partial charge on any atom is -0.0628 e. The molecule has 0 fully saturated rings. The van der Waals surface area contributed by atoms with Crippen molar-refractivity contribution < 1.29 is 0 Å². The second-order valence-electron chi connectivity index (χ2n) is 7.87. The van der Waals surface area contributed by atoms with Crippen LogP contribution in [0, 0.1) is 43.9 Å². The first-order valence-corrected chi connectivity index (χ1v) is 9.14. The summed E-state index contributed by atoms with van der Waals surface area (Å²) in [5.41, 5.74) is -0.337. The highest BCUT2D eigenvalue weighted by molar-refractivity contribution is 5.12. The topological polar surface area (TPSA) is 0 Å². The summed E-state index contributed by atoms with van der Waals surface area (Å²) < 4.78 is 0. The van der Waals surface area contributed by atoms with E-state index in [1.165, 1.54) is 70.1 Å². The summed E-state index contributed by atoms with van der Waals surface area (Å²) in [6.07, 6.45) is 13.0. The van der Waals surface area contributed by atoms with Crippen LogP contribution < -0.4 is 0 Å². The van der Waals surface area contributed by atoms with Crippen LogP contribution in [0.15, 0.2) is 0 Å². The highest BCUT2D eigenvalue weighted by Gasteiger charge is 2.24. The minimum absolute atomic E-state index is 0.337. The number of rotatable bonds is 13. The molecule has 0 nitrogen and oxygen atoms in total. The van der Waals surface area contributed by atoms with E-state index >= 15 is 0 Å². The van der Waals surface area contributed by atoms with Crippen LogP contribution in [0.2, 0.25) is 0 Å². The number of hydrogen-bond acceptors (Lipinski definition) is 0. The summed E-state index contributed by atoms with van der Waals surface area (Å²) in [4.78, 5) is 0. The Balaban J connectivity index is 3.84. The average molecular weight is 293 g/mol. The molecule has 0 heterocycles. The predicted octanol–water partition coefficient (Wildman–Crippen LogP) is 7.26. The fraction of sp³-hybridized carbons (Fsp3) is 0.810. The van der Waals surface area contributed by atoms with Crippen molar-refractivity contribution in [3.63, 3.8) is 0 Å². The monoisotopic (exact) mass is 292 g/mol. The Kier molecular flexibility index (Phi) is 11.6. The fourth-order valence-corrected chi connectivity index (χ4v) is 2.79. The molecule has 4 radical (unpaired) electrons. The molecule has 124 valence electrons. The quantitative estimate of drug-likeness (QED) is 0.313. The molecule has 0 atom stereocenters. The molecule has 0 aliphatic rings. The zero-order chi connectivity index (χ0) is 16.3. The van der Waals surface area contributed by atoms with Gasteiger partial charge in [0, 0.05) is 0 Å². The first kappa shape index (κ1) is 21.0. The fourth-order valence-electron chi connectivity index (χ4n) is 2.79. The lowest BCUT2D eigenvalue weighted by atomic mass is 9.75. The van der Waals surface area contributed by atoms with Crippen LogP contribution in [0.5, 0.6) is 0 Å². The van der Waals surface area contributed by atoms with Crippen molar-refractivity contribution in [2.75, 3.05) is 0 Å². The molecular weight excluding hydrogens is 252 g/mol. The van der Waals surface area contributed by atoms with Crippen LogP contribution >= 0.6 is 0 Å². The Labute approximate surface area is 136 Å². The molecule has 0 bridgehead atoms. The van der Waals surface area contributed by atoms with Crippen LogP contribution in [0.4, 0.5) is 0 Å². The molecule has 0 saturated carbocycles. The van der Waals surface area contributed by atoms with Crippen LogP contribution in [0.1, 0.15) is 91.9 Å². The van der Waals surface area contributed by atoms with Gasteiger partial charge in [-0.1, -0.05) is 79.1 Å². The van der Waals surface area contributed by atoms with E-state index in [1.54, 1.807) is 0 Å². The van der Waals surface area contributed by atoms with Gasteiger partial charge in [-0.05, 0) is 56.8 Å². The molecule has 0 aromatic rings. The van der Waals surface area contributed by atoms with Gasteiger partial charge < -0.3 is 0 Å². The largest absolute Gasteiger partial charge is 0.0628 e. The van der Waals surface area contributed by atoms with Gasteiger partial charge in [-0.3, -0.25) is 0 Å². The minimum atomic E-state index is -0.337. The molecule has 21 heavy (non-hydrogen) atoms. The normalized spacial score (nSPS) is 12.9. The lowest BCUT2D eigenvalue weighted by Gasteiger charge is -2.30. The van der Waals surface area contributed by atoms with Gasteiger partial charge in [-0.25, -0.2) is 0 Å². The second-order valence-corrected chi connectivity index (χ2v) is 7.87.